The van der Waals surface area contributed by atoms with Crippen molar-refractivity contribution in [2.45, 2.75) is 6.42 Å². The van der Waals surface area contributed by atoms with Crippen molar-refractivity contribution in [1.29, 1.82) is 0 Å². The number of hydrogen-bond acceptors (Lipinski definition) is 3. The SMILES string of the molecule is CN1CC(CC2CN(c3ccccn3)C2)C1. The molecule has 2 fully saturated rings. The molecule has 86 valence electrons. The molecule has 3 nitrogen and oxygen atoms in total. The lowest BCUT2D eigenvalue weighted by Crippen LogP contribution is -2.52. The fourth-order valence-corrected chi connectivity index (χ4v) is 2.90. The largest absolute Gasteiger partial charge is 0.356 e. The van der Waals surface area contributed by atoms with Crippen LogP contribution in [-0.2, 0) is 0 Å². The maximum absolute atomic E-state index is 4.38. The quantitative estimate of drug-likeness (QED) is 0.764. The van der Waals surface area contributed by atoms with Gasteiger partial charge in [-0.3, -0.25) is 0 Å². The minimum absolute atomic E-state index is 0.903. The van der Waals surface area contributed by atoms with Crippen molar-refractivity contribution in [2.24, 2.45) is 11.8 Å². The van der Waals surface area contributed by atoms with Crippen molar-refractivity contribution in [2.75, 3.05) is 38.1 Å². The van der Waals surface area contributed by atoms with Crippen LogP contribution >= 0.6 is 0 Å². The summed E-state index contributed by atoms with van der Waals surface area (Å²) in [4.78, 5) is 9.16. The first kappa shape index (κ1) is 10.1. The molecular weight excluding hydrogens is 198 g/mol. The summed E-state index contributed by atoms with van der Waals surface area (Å²) in [7, 11) is 2.21. The molecule has 0 N–H and O–H groups in total. The highest BCUT2D eigenvalue weighted by atomic mass is 15.2. The van der Waals surface area contributed by atoms with Crippen molar-refractivity contribution in [3.05, 3.63) is 24.4 Å². The fraction of sp³-hybridized carbons (Fsp3) is 0.615. The van der Waals surface area contributed by atoms with E-state index >= 15 is 0 Å². The van der Waals surface area contributed by atoms with Crippen LogP contribution in [0.15, 0.2) is 24.4 Å². The second kappa shape index (κ2) is 4.06. The average Bonchev–Trinajstić information content (AvgIpc) is 2.21. The van der Waals surface area contributed by atoms with Crippen molar-refractivity contribution in [3.8, 4) is 0 Å². The molecular formula is C13H19N3. The van der Waals surface area contributed by atoms with Crippen LogP contribution in [-0.4, -0.2) is 43.1 Å². The number of likely N-dealkylation sites (tertiary alicyclic amines) is 1. The van der Waals surface area contributed by atoms with E-state index in [2.05, 4.69) is 34.0 Å². The van der Waals surface area contributed by atoms with Gasteiger partial charge in [0.05, 0.1) is 0 Å². The van der Waals surface area contributed by atoms with Gasteiger partial charge in [-0.05, 0) is 37.4 Å². The Morgan fingerprint density at radius 2 is 1.94 bits per heavy atom. The van der Waals surface area contributed by atoms with Gasteiger partial charge in [0.1, 0.15) is 5.82 Å². The Morgan fingerprint density at radius 1 is 1.19 bits per heavy atom. The van der Waals surface area contributed by atoms with E-state index in [9.17, 15) is 0 Å². The zero-order valence-corrected chi connectivity index (χ0v) is 9.84. The molecule has 0 spiro atoms. The summed E-state index contributed by atoms with van der Waals surface area (Å²) in [6, 6.07) is 6.15. The van der Waals surface area contributed by atoms with E-state index in [1.54, 1.807) is 0 Å². The van der Waals surface area contributed by atoms with Gasteiger partial charge in [-0.2, -0.15) is 0 Å². The highest BCUT2D eigenvalue weighted by Gasteiger charge is 2.33. The van der Waals surface area contributed by atoms with Crippen LogP contribution in [0.25, 0.3) is 0 Å². The lowest BCUT2D eigenvalue weighted by atomic mass is 9.85. The minimum atomic E-state index is 0.903. The van der Waals surface area contributed by atoms with Gasteiger partial charge in [-0.25, -0.2) is 4.98 Å². The topological polar surface area (TPSA) is 19.4 Å². The molecule has 0 atom stereocenters. The van der Waals surface area contributed by atoms with Gasteiger partial charge in [0, 0.05) is 32.4 Å². The summed E-state index contributed by atoms with van der Waals surface area (Å²) < 4.78 is 0. The lowest BCUT2D eigenvalue weighted by molar-refractivity contribution is 0.105. The Labute approximate surface area is 97.1 Å². The van der Waals surface area contributed by atoms with E-state index in [0.717, 1.165) is 17.7 Å². The van der Waals surface area contributed by atoms with Gasteiger partial charge in [0.15, 0.2) is 0 Å². The summed E-state index contributed by atoms with van der Waals surface area (Å²) in [6.45, 7) is 5.02. The first-order valence-electron chi connectivity index (χ1n) is 6.16. The highest BCUT2D eigenvalue weighted by Crippen LogP contribution is 2.30. The predicted octanol–water partition coefficient (Wildman–Crippen LogP) is 1.47. The Balaban J connectivity index is 1.45. The van der Waals surface area contributed by atoms with Crippen molar-refractivity contribution in [3.63, 3.8) is 0 Å². The average molecular weight is 217 g/mol. The van der Waals surface area contributed by atoms with Gasteiger partial charge in [0.25, 0.3) is 0 Å². The fourth-order valence-electron chi connectivity index (χ4n) is 2.90. The Bertz CT molecular complexity index is 339. The molecule has 2 aliphatic rings. The molecule has 3 heteroatoms. The number of pyridine rings is 1. The van der Waals surface area contributed by atoms with Crippen LogP contribution in [0.2, 0.25) is 0 Å². The molecule has 3 heterocycles. The van der Waals surface area contributed by atoms with Gasteiger partial charge in [-0.1, -0.05) is 6.07 Å². The van der Waals surface area contributed by atoms with E-state index in [1.165, 1.54) is 32.6 Å². The minimum Gasteiger partial charge on any atom is -0.356 e. The second-order valence-corrected chi connectivity index (χ2v) is 5.28. The molecule has 2 aliphatic heterocycles. The molecule has 0 aromatic carbocycles. The molecule has 0 aliphatic carbocycles. The maximum Gasteiger partial charge on any atom is 0.128 e. The third-order valence-electron chi connectivity index (χ3n) is 3.74. The van der Waals surface area contributed by atoms with Crippen LogP contribution < -0.4 is 4.90 Å². The number of aromatic nitrogens is 1. The molecule has 0 bridgehead atoms. The molecule has 1 aromatic rings. The third-order valence-corrected chi connectivity index (χ3v) is 3.74. The molecule has 1 aromatic heterocycles. The first-order valence-corrected chi connectivity index (χ1v) is 6.16. The van der Waals surface area contributed by atoms with Crippen LogP contribution in [0.3, 0.4) is 0 Å². The monoisotopic (exact) mass is 217 g/mol. The molecule has 3 rings (SSSR count). The van der Waals surface area contributed by atoms with Crippen LogP contribution in [0, 0.1) is 11.8 Å². The molecule has 16 heavy (non-hydrogen) atoms. The van der Waals surface area contributed by atoms with E-state index in [1.807, 2.05) is 12.3 Å². The smallest absolute Gasteiger partial charge is 0.128 e. The van der Waals surface area contributed by atoms with E-state index in [-0.39, 0.29) is 0 Å². The standard InChI is InChI=1S/C13H19N3/c1-15-7-11(8-15)6-12-9-16(10-12)13-4-2-3-5-14-13/h2-5,11-12H,6-10H2,1H3. The van der Waals surface area contributed by atoms with Gasteiger partial charge < -0.3 is 9.80 Å². The van der Waals surface area contributed by atoms with Gasteiger partial charge >= 0.3 is 0 Å². The zero-order valence-electron chi connectivity index (χ0n) is 9.84. The molecule has 0 radical (unpaired) electrons. The van der Waals surface area contributed by atoms with E-state index in [0.29, 0.717) is 0 Å². The first-order chi connectivity index (χ1) is 7.81. The van der Waals surface area contributed by atoms with E-state index < -0.39 is 0 Å². The normalized spacial score (nSPS) is 22.9. The van der Waals surface area contributed by atoms with Crippen LogP contribution in [0.4, 0.5) is 5.82 Å². The summed E-state index contributed by atoms with van der Waals surface area (Å²) in [5.74, 6) is 3.01. The van der Waals surface area contributed by atoms with Gasteiger partial charge in [-0.15, -0.1) is 0 Å². The van der Waals surface area contributed by atoms with Crippen molar-refractivity contribution in [1.82, 2.24) is 9.88 Å². The second-order valence-electron chi connectivity index (χ2n) is 5.28. The van der Waals surface area contributed by atoms with Gasteiger partial charge in [0.2, 0.25) is 0 Å². The summed E-state index contributed by atoms with van der Waals surface area (Å²) in [5, 5.41) is 0. The van der Waals surface area contributed by atoms with Crippen LogP contribution in [0.1, 0.15) is 6.42 Å². The van der Waals surface area contributed by atoms with Crippen molar-refractivity contribution < 1.29 is 0 Å². The molecule has 0 saturated carbocycles. The Kier molecular flexibility index (Phi) is 2.56. The number of anilines is 1. The molecule has 0 amide bonds. The molecule has 0 unspecified atom stereocenters. The Hall–Kier alpha value is -1.09. The highest BCUT2D eigenvalue weighted by molar-refractivity contribution is 5.40. The summed E-state index contributed by atoms with van der Waals surface area (Å²) in [5.41, 5.74) is 0. The lowest BCUT2D eigenvalue weighted by Gasteiger charge is -2.45. The number of nitrogens with zero attached hydrogens (tertiary/aromatic N) is 3. The zero-order chi connectivity index (χ0) is 11.0. The number of hydrogen-bond donors (Lipinski definition) is 0. The third kappa shape index (κ3) is 1.92. The Morgan fingerprint density at radius 3 is 2.56 bits per heavy atom. The number of rotatable bonds is 3. The van der Waals surface area contributed by atoms with Crippen LogP contribution in [0.5, 0.6) is 0 Å². The van der Waals surface area contributed by atoms with E-state index in [4.69, 9.17) is 0 Å². The summed E-state index contributed by atoms with van der Waals surface area (Å²) in [6.07, 6.45) is 3.29. The van der Waals surface area contributed by atoms with Crippen molar-refractivity contribution >= 4 is 5.82 Å². The maximum atomic E-state index is 4.38. The summed E-state index contributed by atoms with van der Waals surface area (Å²) >= 11 is 0. The predicted molar refractivity (Wildman–Crippen MR) is 65.5 cm³/mol. The molecule has 2 saturated heterocycles.